The summed E-state index contributed by atoms with van der Waals surface area (Å²) in [6.07, 6.45) is 18.7. The fourth-order valence-corrected chi connectivity index (χ4v) is 10.8. The average Bonchev–Trinajstić information content (AvgIpc) is 3.89. The summed E-state index contributed by atoms with van der Waals surface area (Å²) in [6, 6.07) is 58.0. The van der Waals surface area contributed by atoms with Crippen LogP contribution >= 0.6 is 0 Å². The van der Waals surface area contributed by atoms with E-state index in [0.29, 0.717) is 0 Å². The molecule has 0 atom stereocenters. The van der Waals surface area contributed by atoms with E-state index in [0.717, 1.165) is 64.5 Å². The van der Waals surface area contributed by atoms with Gasteiger partial charge < -0.3 is 9.80 Å². The molecular weight excluding hydrogens is 799 g/mol. The summed E-state index contributed by atoms with van der Waals surface area (Å²) in [5.41, 5.74) is 19.9. The molecule has 1 saturated carbocycles. The molecule has 3 nitrogen and oxygen atoms in total. The van der Waals surface area contributed by atoms with E-state index in [1.54, 1.807) is 0 Å². The molecule has 0 spiro atoms. The molecule has 3 heteroatoms. The van der Waals surface area contributed by atoms with Crippen LogP contribution in [0.15, 0.2) is 205 Å². The third-order valence-electron chi connectivity index (χ3n) is 14.4. The molecule has 3 aliphatic rings. The van der Waals surface area contributed by atoms with E-state index >= 15 is 0 Å². The van der Waals surface area contributed by atoms with Crippen molar-refractivity contribution in [1.29, 1.82) is 0 Å². The van der Waals surface area contributed by atoms with E-state index in [9.17, 15) is 0 Å². The molecule has 0 saturated heterocycles. The summed E-state index contributed by atoms with van der Waals surface area (Å²) in [5.74, 6) is 0. The smallest absolute Gasteiger partial charge is 0.218 e. The Morgan fingerprint density at radius 1 is 0.455 bits per heavy atom. The Labute approximate surface area is 395 Å². The maximum absolute atomic E-state index is 2.63. The number of aryl methyl sites for hydroxylation is 4. The number of anilines is 2. The molecule has 6 aromatic carbocycles. The standard InChI is InChI=1S/C63H68N3/c1-47-33-39-57-55(45-47)62(3,4)59(64(57)43-21-19-27-49-23-11-7-12-24-49)41-37-51-35-36-52(61(51)66(53-29-15-9-16-30-53)54-31-17-10-18-32-54)38-42-60-63(5,6)56-46-48(2)34-40-58(56)65(60)44-22-20-28-50-25-13-8-14-26-50/h7-18,23-26,29-34,37-42,45-46H,19-22,27-28,35-36,43-44H2,1-6H3/q+1. The van der Waals surface area contributed by atoms with Crippen LogP contribution in [0.5, 0.6) is 0 Å². The Hall–Kier alpha value is -6.45. The van der Waals surface area contributed by atoms with Crippen LogP contribution in [-0.2, 0) is 23.7 Å². The van der Waals surface area contributed by atoms with Crippen LogP contribution in [0.4, 0.5) is 22.7 Å². The van der Waals surface area contributed by atoms with Crippen molar-refractivity contribution in [3.63, 3.8) is 0 Å². The van der Waals surface area contributed by atoms with Crippen LogP contribution in [0.1, 0.15) is 99.6 Å². The summed E-state index contributed by atoms with van der Waals surface area (Å²) in [4.78, 5) is 5.27. The molecule has 0 N–H and O–H groups in total. The lowest BCUT2D eigenvalue weighted by molar-refractivity contribution is 0.620. The molecule has 2 heterocycles. The van der Waals surface area contributed by atoms with Crippen molar-refractivity contribution in [2.24, 2.45) is 0 Å². The van der Waals surface area contributed by atoms with Gasteiger partial charge in [-0.05, 0) is 112 Å². The highest BCUT2D eigenvalue weighted by atomic mass is 15.2. The van der Waals surface area contributed by atoms with Gasteiger partial charge in [-0.25, -0.2) is 0 Å². The Morgan fingerprint density at radius 3 is 1.23 bits per heavy atom. The van der Waals surface area contributed by atoms with Crippen LogP contribution in [0.25, 0.3) is 0 Å². The molecule has 0 amide bonds. The first-order valence-electron chi connectivity index (χ1n) is 24.6. The van der Waals surface area contributed by atoms with Crippen molar-refractivity contribution in [1.82, 2.24) is 4.58 Å². The average molecular weight is 867 g/mol. The van der Waals surface area contributed by atoms with Gasteiger partial charge in [0.25, 0.3) is 0 Å². The minimum Gasteiger partial charge on any atom is -0.344 e. The van der Waals surface area contributed by atoms with Crippen LogP contribution in [0, 0.1) is 13.8 Å². The Bertz CT molecular complexity index is 2610. The number of nitrogens with zero attached hydrogens (tertiary/aromatic N) is 3. The van der Waals surface area contributed by atoms with Gasteiger partial charge in [-0.2, -0.15) is 4.58 Å². The lowest BCUT2D eigenvalue weighted by atomic mass is 9.83. The molecule has 334 valence electrons. The minimum atomic E-state index is -0.135. The minimum absolute atomic E-state index is 0.135. The van der Waals surface area contributed by atoms with Gasteiger partial charge in [-0.3, -0.25) is 0 Å². The lowest BCUT2D eigenvalue weighted by Crippen LogP contribution is -2.27. The van der Waals surface area contributed by atoms with Gasteiger partial charge in [0.2, 0.25) is 17.1 Å². The number of allylic oxidation sites excluding steroid dienone is 8. The van der Waals surface area contributed by atoms with E-state index in [4.69, 9.17) is 0 Å². The van der Waals surface area contributed by atoms with Crippen molar-refractivity contribution < 1.29 is 0 Å². The highest BCUT2D eigenvalue weighted by Gasteiger charge is 2.42. The SMILES string of the molecule is Cc1ccc2c(c1)C(C)(C)C(=C/C=C1\CC/C(=C\C=C3N(CCCCc4ccccc4)c4ccc(C)cc4C3(C)C)C1=[N+](c1ccccc1)c1ccccc1)N2CCCCc1ccccc1. The molecule has 9 rings (SSSR count). The Morgan fingerprint density at radius 2 is 0.833 bits per heavy atom. The quantitative estimate of drug-likeness (QED) is 0.0797. The van der Waals surface area contributed by atoms with Gasteiger partial charge in [-0.15, -0.1) is 0 Å². The molecule has 1 aliphatic carbocycles. The van der Waals surface area contributed by atoms with Crippen LogP contribution in [0.3, 0.4) is 0 Å². The Balaban J connectivity index is 1.12. The molecule has 6 aromatic rings. The van der Waals surface area contributed by atoms with E-state index in [1.165, 1.54) is 84.4 Å². The summed E-state index contributed by atoms with van der Waals surface area (Å²) < 4.78 is 2.51. The zero-order valence-electron chi connectivity index (χ0n) is 40.2. The first-order valence-corrected chi connectivity index (χ1v) is 24.6. The first-order chi connectivity index (χ1) is 32.1. The number of unbranched alkanes of at least 4 members (excludes halogenated alkanes) is 2. The van der Waals surface area contributed by atoms with Gasteiger partial charge in [0.15, 0.2) is 0 Å². The van der Waals surface area contributed by atoms with Crippen LogP contribution in [0.2, 0.25) is 0 Å². The lowest BCUT2D eigenvalue weighted by Gasteiger charge is -2.27. The highest BCUT2D eigenvalue weighted by molar-refractivity contribution is 6.17. The van der Waals surface area contributed by atoms with Crippen LogP contribution < -0.4 is 14.4 Å². The first kappa shape index (κ1) is 44.7. The third kappa shape index (κ3) is 9.32. The fraction of sp³-hybridized carbons (Fsp3) is 0.286. The third-order valence-corrected chi connectivity index (χ3v) is 14.4. The Kier molecular flexibility index (Phi) is 13.3. The predicted octanol–water partition coefficient (Wildman–Crippen LogP) is 15.6. The van der Waals surface area contributed by atoms with Crippen LogP contribution in [-0.4, -0.2) is 18.8 Å². The van der Waals surface area contributed by atoms with Crippen molar-refractivity contribution in [3.05, 3.63) is 238 Å². The summed E-state index contributed by atoms with van der Waals surface area (Å²) in [6.45, 7) is 16.1. The second kappa shape index (κ2) is 19.6. The van der Waals surface area contributed by atoms with Gasteiger partial charge in [-0.1, -0.05) is 172 Å². The van der Waals surface area contributed by atoms with Crippen molar-refractivity contribution in [2.45, 2.75) is 104 Å². The molecule has 2 aliphatic heterocycles. The fourth-order valence-electron chi connectivity index (χ4n) is 10.8. The molecule has 66 heavy (non-hydrogen) atoms. The molecular formula is C63H68N3+. The van der Waals surface area contributed by atoms with Gasteiger partial charge in [0.05, 0.1) is 0 Å². The predicted molar refractivity (Wildman–Crippen MR) is 283 cm³/mol. The monoisotopic (exact) mass is 867 g/mol. The molecule has 0 radical (unpaired) electrons. The molecule has 0 bridgehead atoms. The maximum Gasteiger partial charge on any atom is 0.218 e. The van der Waals surface area contributed by atoms with Crippen molar-refractivity contribution in [3.8, 4) is 0 Å². The zero-order valence-corrected chi connectivity index (χ0v) is 40.2. The number of fused-ring (bicyclic) bond motifs is 2. The van der Waals surface area contributed by atoms with Crippen molar-refractivity contribution >= 4 is 28.5 Å². The maximum atomic E-state index is 2.63. The zero-order chi connectivity index (χ0) is 45.7. The number of hydrogen-bond donors (Lipinski definition) is 0. The summed E-state index contributed by atoms with van der Waals surface area (Å²) in [5, 5.41) is 0. The summed E-state index contributed by atoms with van der Waals surface area (Å²) in [7, 11) is 0. The van der Waals surface area contributed by atoms with E-state index in [1.807, 2.05) is 0 Å². The van der Waals surface area contributed by atoms with E-state index < -0.39 is 0 Å². The second-order valence-electron chi connectivity index (χ2n) is 19.8. The topological polar surface area (TPSA) is 9.49 Å². The number of hydrogen-bond acceptors (Lipinski definition) is 2. The highest BCUT2D eigenvalue weighted by Crippen LogP contribution is 2.50. The second-order valence-corrected chi connectivity index (χ2v) is 19.8. The van der Waals surface area contributed by atoms with Gasteiger partial charge >= 0.3 is 0 Å². The molecule has 1 fully saturated rings. The number of rotatable bonds is 14. The van der Waals surface area contributed by atoms with E-state index in [2.05, 4.69) is 238 Å². The molecule has 0 aromatic heterocycles. The van der Waals surface area contributed by atoms with E-state index in [-0.39, 0.29) is 10.8 Å². The number of para-hydroxylation sites is 2. The molecule has 0 unspecified atom stereocenters. The van der Waals surface area contributed by atoms with Gasteiger partial charge in [0.1, 0.15) is 0 Å². The number of benzene rings is 6. The van der Waals surface area contributed by atoms with Crippen molar-refractivity contribution in [2.75, 3.05) is 22.9 Å². The largest absolute Gasteiger partial charge is 0.344 e. The van der Waals surface area contributed by atoms with Gasteiger partial charge in [0, 0.05) is 82.1 Å². The normalized spacial score (nSPS) is 18.5. The summed E-state index contributed by atoms with van der Waals surface area (Å²) >= 11 is 0.